The van der Waals surface area contributed by atoms with E-state index in [1.807, 2.05) is 0 Å². The molecule has 1 rings (SSSR count). The summed E-state index contributed by atoms with van der Waals surface area (Å²) in [5.41, 5.74) is 0.445. The first-order chi connectivity index (χ1) is 7.79. The van der Waals surface area contributed by atoms with Gasteiger partial charge in [-0.25, -0.2) is 0 Å². The number of halogens is 5. The number of carbonyl (C=O) groups is 1. The summed E-state index contributed by atoms with van der Waals surface area (Å²) in [6.45, 7) is -1.69. The molecule has 0 saturated carbocycles. The molecule has 0 aliphatic heterocycles. The lowest BCUT2D eigenvalue weighted by Crippen LogP contribution is -2.17. The van der Waals surface area contributed by atoms with E-state index in [9.17, 15) is 18.0 Å². The minimum Gasteiger partial charge on any atom is -0.367 e. The molecular weight excluding hydrogens is 324 g/mol. The zero-order valence-electron chi connectivity index (χ0n) is 8.35. The van der Waals surface area contributed by atoms with Crippen LogP contribution in [0.5, 0.6) is 0 Å². The maximum Gasteiger partial charge on any atom is 0.411 e. The molecule has 0 saturated heterocycles. The zero-order chi connectivity index (χ0) is 13.1. The van der Waals surface area contributed by atoms with Gasteiger partial charge >= 0.3 is 6.18 Å². The fourth-order valence-corrected chi connectivity index (χ4v) is 1.74. The van der Waals surface area contributed by atoms with E-state index >= 15 is 0 Å². The van der Waals surface area contributed by atoms with Crippen molar-refractivity contribution < 1.29 is 22.7 Å². The third-order valence-corrected chi connectivity index (χ3v) is 2.50. The molecule has 0 atom stereocenters. The number of hydrogen-bond acceptors (Lipinski definition) is 2. The van der Waals surface area contributed by atoms with Gasteiger partial charge in [-0.05, 0) is 35.4 Å². The average Bonchev–Trinajstić information content (AvgIpc) is 2.15. The predicted octanol–water partition coefficient (Wildman–Crippen LogP) is 3.91. The summed E-state index contributed by atoms with van der Waals surface area (Å²) in [7, 11) is 0. The molecule has 7 heteroatoms. The minimum absolute atomic E-state index is 0.136. The van der Waals surface area contributed by atoms with Crippen LogP contribution >= 0.6 is 27.5 Å². The molecule has 0 N–H and O–H groups in total. The molecule has 0 amide bonds. The van der Waals surface area contributed by atoms with Crippen molar-refractivity contribution in [1.29, 1.82) is 0 Å². The van der Waals surface area contributed by atoms with Crippen molar-refractivity contribution in [3.05, 3.63) is 33.8 Å². The second-order valence-electron chi connectivity index (χ2n) is 3.18. The number of rotatable bonds is 4. The van der Waals surface area contributed by atoms with Crippen molar-refractivity contribution in [2.75, 3.05) is 6.61 Å². The van der Waals surface area contributed by atoms with Crippen molar-refractivity contribution in [3.8, 4) is 0 Å². The summed E-state index contributed by atoms with van der Waals surface area (Å²) in [6, 6.07) is 4.49. The highest BCUT2D eigenvalue weighted by atomic mass is 79.9. The molecule has 17 heavy (non-hydrogen) atoms. The van der Waals surface area contributed by atoms with Crippen molar-refractivity contribution in [3.63, 3.8) is 0 Å². The van der Waals surface area contributed by atoms with Crippen molar-refractivity contribution in [2.45, 2.75) is 12.8 Å². The Balaban J connectivity index is 2.75. The topological polar surface area (TPSA) is 26.3 Å². The molecule has 0 fully saturated rings. The van der Waals surface area contributed by atoms with Crippen LogP contribution in [0.1, 0.15) is 15.9 Å². The van der Waals surface area contributed by atoms with Crippen LogP contribution in [-0.2, 0) is 11.3 Å². The summed E-state index contributed by atoms with van der Waals surface area (Å²) >= 11 is 8.44. The predicted molar refractivity (Wildman–Crippen MR) is 60.0 cm³/mol. The van der Waals surface area contributed by atoms with Gasteiger partial charge in [-0.2, -0.15) is 13.2 Å². The Morgan fingerprint density at radius 1 is 1.41 bits per heavy atom. The fraction of sp³-hybridized carbons (Fsp3) is 0.300. The van der Waals surface area contributed by atoms with Crippen LogP contribution in [-0.4, -0.2) is 18.0 Å². The van der Waals surface area contributed by atoms with Crippen LogP contribution in [0, 0.1) is 0 Å². The van der Waals surface area contributed by atoms with Gasteiger partial charge in [-0.15, -0.1) is 0 Å². The summed E-state index contributed by atoms with van der Waals surface area (Å²) in [6.07, 6.45) is -4.39. The summed E-state index contributed by atoms with van der Waals surface area (Å²) in [5.74, 6) is 0. The van der Waals surface area contributed by atoms with Crippen molar-refractivity contribution in [2.24, 2.45) is 0 Å². The first-order valence-electron chi connectivity index (χ1n) is 4.42. The Labute approximate surface area is 109 Å². The molecule has 0 spiro atoms. The van der Waals surface area contributed by atoms with Crippen LogP contribution in [0.2, 0.25) is 0 Å². The van der Waals surface area contributed by atoms with E-state index in [1.54, 1.807) is 6.07 Å². The quantitative estimate of drug-likeness (QED) is 0.782. The molecule has 1 aromatic carbocycles. The molecule has 0 radical (unpaired) electrons. The fourth-order valence-electron chi connectivity index (χ4n) is 1.15. The molecule has 0 bridgehead atoms. The largest absolute Gasteiger partial charge is 0.411 e. The van der Waals surface area contributed by atoms with Crippen molar-refractivity contribution in [1.82, 2.24) is 0 Å². The van der Waals surface area contributed by atoms with Crippen molar-refractivity contribution >= 4 is 32.8 Å². The van der Waals surface area contributed by atoms with Gasteiger partial charge in [0, 0.05) is 10.0 Å². The Morgan fingerprint density at radius 3 is 2.59 bits per heavy atom. The van der Waals surface area contributed by atoms with Gasteiger partial charge in [-0.3, -0.25) is 4.79 Å². The Morgan fingerprint density at radius 2 is 2.06 bits per heavy atom. The van der Waals surface area contributed by atoms with E-state index in [2.05, 4.69) is 20.7 Å². The number of hydrogen-bond donors (Lipinski definition) is 0. The number of carbonyl (C=O) groups excluding carboxylic acids is 1. The Bertz CT molecular complexity index is 421. The molecular formula is C10H7BrClF3O2. The molecule has 0 unspecified atom stereocenters. The lowest BCUT2D eigenvalue weighted by atomic mass is 10.1. The van der Waals surface area contributed by atoms with E-state index in [1.165, 1.54) is 12.1 Å². The molecule has 94 valence electrons. The van der Waals surface area contributed by atoms with Crippen LogP contribution in [0.4, 0.5) is 13.2 Å². The molecule has 0 aliphatic rings. The number of benzene rings is 1. The van der Waals surface area contributed by atoms with E-state index in [4.69, 9.17) is 11.6 Å². The normalized spacial score (nSPS) is 11.6. The first kappa shape index (κ1) is 14.5. The summed E-state index contributed by atoms with van der Waals surface area (Å²) < 4.78 is 40.7. The number of alkyl halides is 3. The SMILES string of the molecule is O=C(Cl)c1ccc(Br)cc1COCC(F)(F)F. The summed E-state index contributed by atoms with van der Waals surface area (Å²) in [5, 5.41) is -0.733. The van der Waals surface area contributed by atoms with Gasteiger partial charge in [0.15, 0.2) is 0 Å². The molecule has 1 aromatic rings. The van der Waals surface area contributed by atoms with Gasteiger partial charge in [0.2, 0.25) is 0 Å². The van der Waals surface area contributed by atoms with Gasteiger partial charge in [0.25, 0.3) is 5.24 Å². The van der Waals surface area contributed by atoms with Gasteiger partial charge in [-0.1, -0.05) is 15.9 Å². The second-order valence-corrected chi connectivity index (χ2v) is 4.44. The lowest BCUT2D eigenvalue weighted by Gasteiger charge is -2.10. The van der Waals surface area contributed by atoms with Gasteiger partial charge in [0.05, 0.1) is 6.61 Å². The third-order valence-electron chi connectivity index (χ3n) is 1.80. The number of ether oxygens (including phenoxy) is 1. The molecule has 0 aromatic heterocycles. The second kappa shape index (κ2) is 5.84. The smallest absolute Gasteiger partial charge is 0.367 e. The van der Waals surface area contributed by atoms with E-state index in [0.29, 0.717) is 10.0 Å². The highest BCUT2D eigenvalue weighted by Crippen LogP contribution is 2.21. The Hall–Kier alpha value is -0.590. The van der Waals surface area contributed by atoms with Gasteiger partial charge < -0.3 is 4.74 Å². The highest BCUT2D eigenvalue weighted by molar-refractivity contribution is 9.10. The van der Waals surface area contributed by atoms with Crippen LogP contribution < -0.4 is 0 Å². The average molecular weight is 332 g/mol. The van der Waals surface area contributed by atoms with Crippen LogP contribution in [0.25, 0.3) is 0 Å². The first-order valence-corrected chi connectivity index (χ1v) is 5.59. The van der Waals surface area contributed by atoms with E-state index in [0.717, 1.165) is 0 Å². The van der Waals surface area contributed by atoms with Gasteiger partial charge in [0.1, 0.15) is 6.61 Å². The van der Waals surface area contributed by atoms with E-state index in [-0.39, 0.29) is 12.2 Å². The third kappa shape index (κ3) is 5.06. The van der Waals surface area contributed by atoms with E-state index < -0.39 is 18.0 Å². The molecule has 0 aliphatic carbocycles. The molecule has 2 nitrogen and oxygen atoms in total. The maximum absolute atomic E-state index is 11.9. The summed E-state index contributed by atoms with van der Waals surface area (Å²) in [4.78, 5) is 11.0. The lowest BCUT2D eigenvalue weighted by molar-refractivity contribution is -0.176. The maximum atomic E-state index is 11.9. The zero-order valence-corrected chi connectivity index (χ0v) is 10.7. The van der Waals surface area contributed by atoms with Crippen LogP contribution in [0.15, 0.2) is 22.7 Å². The minimum atomic E-state index is -4.39. The monoisotopic (exact) mass is 330 g/mol. The standard InChI is InChI=1S/C10H7BrClF3O2/c11-7-1-2-8(9(12)16)6(3-7)4-17-5-10(13,14)15/h1-3H,4-5H2. The Kier molecular flexibility index (Phi) is 4.97. The highest BCUT2D eigenvalue weighted by Gasteiger charge is 2.27. The molecule has 0 heterocycles. The van der Waals surface area contributed by atoms with Crippen LogP contribution in [0.3, 0.4) is 0 Å².